The van der Waals surface area contributed by atoms with Crippen LogP contribution in [0.5, 0.6) is 5.75 Å². The molecule has 140 valence electrons. The van der Waals surface area contributed by atoms with E-state index in [2.05, 4.69) is 10.6 Å². The standard InChI is InChI=1S/C21H28N2O3/c1-26-18-4-2-17(3-5-18)23-20(25)13-22-19(24)12-21-9-14-6-15(10-21)8-16(7-14)11-21/h2-5,14-16H,6-13H2,1H3,(H,22,24)(H,23,25). The molecule has 0 atom stereocenters. The molecule has 0 saturated heterocycles. The number of rotatable bonds is 6. The monoisotopic (exact) mass is 356 g/mol. The average molecular weight is 356 g/mol. The number of anilines is 1. The highest BCUT2D eigenvalue weighted by Gasteiger charge is 2.51. The molecular weight excluding hydrogens is 328 g/mol. The summed E-state index contributed by atoms with van der Waals surface area (Å²) in [5.41, 5.74) is 0.914. The van der Waals surface area contributed by atoms with Crippen molar-refractivity contribution in [3.05, 3.63) is 24.3 Å². The molecule has 26 heavy (non-hydrogen) atoms. The van der Waals surface area contributed by atoms with Crippen molar-refractivity contribution in [1.29, 1.82) is 0 Å². The zero-order valence-corrected chi connectivity index (χ0v) is 15.4. The predicted octanol–water partition coefficient (Wildman–Crippen LogP) is 3.36. The number of hydrogen-bond donors (Lipinski definition) is 2. The molecule has 1 aromatic carbocycles. The first-order valence-electron chi connectivity index (χ1n) is 9.74. The van der Waals surface area contributed by atoms with Crippen LogP contribution in [0.15, 0.2) is 24.3 Å². The smallest absolute Gasteiger partial charge is 0.243 e. The lowest BCUT2D eigenvalue weighted by Crippen LogP contribution is -2.48. The van der Waals surface area contributed by atoms with Crippen molar-refractivity contribution in [2.24, 2.45) is 23.2 Å². The number of methoxy groups -OCH3 is 1. The van der Waals surface area contributed by atoms with Gasteiger partial charge < -0.3 is 15.4 Å². The second kappa shape index (κ2) is 6.93. The minimum absolute atomic E-state index is 0.0248. The Morgan fingerprint density at radius 3 is 2.12 bits per heavy atom. The van der Waals surface area contributed by atoms with Gasteiger partial charge >= 0.3 is 0 Å². The van der Waals surface area contributed by atoms with Crippen LogP contribution in [-0.2, 0) is 9.59 Å². The Balaban J connectivity index is 1.25. The number of hydrogen-bond acceptors (Lipinski definition) is 3. The first-order chi connectivity index (χ1) is 12.5. The van der Waals surface area contributed by atoms with Gasteiger partial charge in [0.25, 0.3) is 0 Å². The maximum Gasteiger partial charge on any atom is 0.243 e. The SMILES string of the molecule is COc1ccc(NC(=O)CNC(=O)CC23CC4CC(CC(C4)C2)C3)cc1. The van der Waals surface area contributed by atoms with E-state index in [9.17, 15) is 9.59 Å². The van der Waals surface area contributed by atoms with Crippen LogP contribution < -0.4 is 15.4 Å². The van der Waals surface area contributed by atoms with Gasteiger partial charge in [0.05, 0.1) is 13.7 Å². The number of benzene rings is 1. The van der Waals surface area contributed by atoms with E-state index in [1.54, 1.807) is 31.4 Å². The first-order valence-corrected chi connectivity index (χ1v) is 9.74. The van der Waals surface area contributed by atoms with E-state index in [-0.39, 0.29) is 23.8 Å². The van der Waals surface area contributed by atoms with Crippen LogP contribution in [0.2, 0.25) is 0 Å². The maximum absolute atomic E-state index is 12.5. The van der Waals surface area contributed by atoms with Crippen molar-refractivity contribution >= 4 is 17.5 Å². The maximum atomic E-state index is 12.5. The molecular formula is C21H28N2O3. The Morgan fingerprint density at radius 1 is 1.00 bits per heavy atom. The molecule has 4 fully saturated rings. The lowest BCUT2D eigenvalue weighted by Gasteiger charge is -2.56. The molecule has 1 aromatic rings. The molecule has 2 N–H and O–H groups in total. The normalized spacial score (nSPS) is 31.5. The van der Waals surface area contributed by atoms with Crippen molar-refractivity contribution in [2.75, 3.05) is 19.0 Å². The Hall–Kier alpha value is -2.04. The van der Waals surface area contributed by atoms with E-state index in [1.807, 2.05) is 0 Å². The minimum Gasteiger partial charge on any atom is -0.497 e. The van der Waals surface area contributed by atoms with Crippen LogP contribution in [0.3, 0.4) is 0 Å². The zero-order valence-electron chi connectivity index (χ0n) is 15.4. The Kier molecular flexibility index (Phi) is 4.63. The highest BCUT2D eigenvalue weighted by Crippen LogP contribution is 2.61. The summed E-state index contributed by atoms with van der Waals surface area (Å²) in [5.74, 6) is 3.09. The van der Waals surface area contributed by atoms with Crippen molar-refractivity contribution < 1.29 is 14.3 Å². The molecule has 2 amide bonds. The van der Waals surface area contributed by atoms with Gasteiger partial charge in [-0.15, -0.1) is 0 Å². The van der Waals surface area contributed by atoms with E-state index >= 15 is 0 Å². The first kappa shape index (κ1) is 17.4. The van der Waals surface area contributed by atoms with Crippen LogP contribution in [0.25, 0.3) is 0 Å². The fraction of sp³-hybridized carbons (Fsp3) is 0.619. The fourth-order valence-electron chi connectivity index (χ4n) is 5.97. The third kappa shape index (κ3) is 3.71. The Bertz CT molecular complexity index is 648. The van der Waals surface area contributed by atoms with Crippen LogP contribution in [0, 0.1) is 23.2 Å². The number of amides is 2. The Morgan fingerprint density at radius 2 is 1.58 bits per heavy atom. The lowest BCUT2D eigenvalue weighted by atomic mass is 9.49. The molecule has 4 saturated carbocycles. The summed E-state index contributed by atoms with van der Waals surface area (Å²) in [6, 6.07) is 7.16. The van der Waals surface area contributed by atoms with Gasteiger partial charge in [-0.1, -0.05) is 0 Å². The molecule has 0 heterocycles. The van der Waals surface area contributed by atoms with Gasteiger partial charge in [0, 0.05) is 12.1 Å². The minimum atomic E-state index is -0.200. The van der Waals surface area contributed by atoms with E-state index < -0.39 is 0 Å². The second-order valence-corrected chi connectivity index (χ2v) is 8.65. The van der Waals surface area contributed by atoms with E-state index in [0.717, 1.165) is 23.5 Å². The number of nitrogens with one attached hydrogen (secondary N) is 2. The van der Waals surface area contributed by atoms with E-state index in [1.165, 1.54) is 38.5 Å². The number of carbonyl (C=O) groups excluding carboxylic acids is 2. The summed E-state index contributed by atoms with van der Waals surface area (Å²) >= 11 is 0. The molecule has 5 heteroatoms. The molecule has 4 aliphatic rings. The van der Waals surface area contributed by atoms with Gasteiger partial charge in [-0.3, -0.25) is 9.59 Å². The van der Waals surface area contributed by atoms with E-state index in [0.29, 0.717) is 12.1 Å². The quantitative estimate of drug-likeness (QED) is 0.821. The zero-order chi connectivity index (χ0) is 18.1. The number of carbonyl (C=O) groups is 2. The number of ether oxygens (including phenoxy) is 1. The molecule has 0 aliphatic heterocycles. The summed E-state index contributed by atoms with van der Waals surface area (Å²) in [5, 5.41) is 5.62. The van der Waals surface area contributed by atoms with Crippen LogP contribution in [0.4, 0.5) is 5.69 Å². The molecule has 5 nitrogen and oxygen atoms in total. The second-order valence-electron chi connectivity index (χ2n) is 8.65. The van der Waals surface area contributed by atoms with Gasteiger partial charge in [-0.05, 0) is 86.0 Å². The van der Waals surface area contributed by atoms with Gasteiger partial charge in [0.15, 0.2) is 0 Å². The van der Waals surface area contributed by atoms with Crippen LogP contribution in [0.1, 0.15) is 44.9 Å². The molecule has 4 aliphatic carbocycles. The lowest BCUT2D eigenvalue weighted by molar-refractivity contribution is -0.131. The van der Waals surface area contributed by atoms with Crippen molar-refractivity contribution in [1.82, 2.24) is 5.32 Å². The molecule has 0 aromatic heterocycles. The van der Waals surface area contributed by atoms with Crippen LogP contribution in [-0.4, -0.2) is 25.5 Å². The Labute approximate surface area is 154 Å². The average Bonchev–Trinajstić information content (AvgIpc) is 2.59. The summed E-state index contributed by atoms with van der Waals surface area (Å²) < 4.78 is 5.10. The third-order valence-corrected chi connectivity index (χ3v) is 6.52. The summed E-state index contributed by atoms with van der Waals surface area (Å²) in [7, 11) is 1.60. The molecule has 4 bridgehead atoms. The molecule has 0 spiro atoms. The highest BCUT2D eigenvalue weighted by molar-refractivity contribution is 5.94. The molecule has 0 radical (unpaired) electrons. The van der Waals surface area contributed by atoms with Gasteiger partial charge in [-0.2, -0.15) is 0 Å². The topological polar surface area (TPSA) is 67.4 Å². The summed E-state index contributed by atoms with van der Waals surface area (Å²) in [4.78, 5) is 24.5. The largest absolute Gasteiger partial charge is 0.497 e. The van der Waals surface area contributed by atoms with E-state index in [4.69, 9.17) is 4.74 Å². The summed E-state index contributed by atoms with van der Waals surface area (Å²) in [6.07, 6.45) is 8.37. The van der Waals surface area contributed by atoms with Crippen molar-refractivity contribution in [3.63, 3.8) is 0 Å². The predicted molar refractivity (Wildman–Crippen MR) is 99.9 cm³/mol. The van der Waals surface area contributed by atoms with Crippen molar-refractivity contribution in [3.8, 4) is 5.75 Å². The molecule has 0 unspecified atom stereocenters. The van der Waals surface area contributed by atoms with Gasteiger partial charge in [0.1, 0.15) is 5.75 Å². The van der Waals surface area contributed by atoms with Gasteiger partial charge in [0.2, 0.25) is 11.8 Å². The third-order valence-electron chi connectivity index (χ3n) is 6.52. The molecule has 5 rings (SSSR count). The van der Waals surface area contributed by atoms with Gasteiger partial charge in [-0.25, -0.2) is 0 Å². The van der Waals surface area contributed by atoms with Crippen LogP contribution >= 0.6 is 0 Å². The van der Waals surface area contributed by atoms with Crippen molar-refractivity contribution in [2.45, 2.75) is 44.9 Å². The fourth-order valence-corrected chi connectivity index (χ4v) is 5.97. The highest BCUT2D eigenvalue weighted by atomic mass is 16.5. The summed E-state index contributed by atoms with van der Waals surface area (Å²) in [6.45, 7) is 0.0250.